The molecule has 0 spiro atoms. The van der Waals surface area contributed by atoms with Gasteiger partial charge in [-0.15, -0.1) is 0 Å². The zero-order chi connectivity index (χ0) is 16.1. The van der Waals surface area contributed by atoms with Crippen LogP contribution in [-0.2, 0) is 11.4 Å². The topological polar surface area (TPSA) is 60.5 Å². The Morgan fingerprint density at radius 2 is 2.09 bits per heavy atom. The number of rotatable bonds is 5. The average molecular weight is 332 g/mol. The second kappa shape index (κ2) is 7.02. The molecule has 0 fully saturated rings. The summed E-state index contributed by atoms with van der Waals surface area (Å²) in [5.74, 6) is 0.288. The Hall–Kier alpha value is -2.73. The fourth-order valence-electron chi connectivity index (χ4n) is 1.82. The Bertz CT molecular complexity index is 835. The molecule has 1 heterocycles. The number of aromatic nitrogens is 2. The zero-order valence-electron chi connectivity index (χ0n) is 11.8. The van der Waals surface area contributed by atoms with E-state index in [0.29, 0.717) is 16.4 Å². The molecule has 0 atom stereocenters. The molecular weight excluding hydrogens is 321 g/mol. The molecule has 0 saturated carbocycles. The molecule has 0 aliphatic heterocycles. The van der Waals surface area contributed by atoms with E-state index in [9.17, 15) is 4.39 Å². The van der Waals surface area contributed by atoms with Crippen molar-refractivity contribution in [2.45, 2.75) is 6.61 Å². The lowest BCUT2D eigenvalue weighted by Gasteiger charge is -1.95. The van der Waals surface area contributed by atoms with Crippen molar-refractivity contribution >= 4 is 17.8 Å². The number of halogens is 2. The van der Waals surface area contributed by atoms with Crippen molar-refractivity contribution in [3.8, 4) is 11.4 Å². The van der Waals surface area contributed by atoms with E-state index in [0.717, 1.165) is 5.56 Å². The van der Waals surface area contributed by atoms with E-state index in [-0.39, 0.29) is 18.3 Å². The summed E-state index contributed by atoms with van der Waals surface area (Å²) in [7, 11) is 0. The predicted molar refractivity (Wildman–Crippen MR) is 83.5 cm³/mol. The van der Waals surface area contributed by atoms with E-state index in [1.165, 1.54) is 12.3 Å². The lowest BCUT2D eigenvalue weighted by Crippen LogP contribution is -1.91. The molecule has 116 valence electrons. The van der Waals surface area contributed by atoms with Crippen LogP contribution < -0.4 is 0 Å². The molecule has 3 aromatic rings. The van der Waals surface area contributed by atoms with E-state index in [1.54, 1.807) is 36.4 Å². The molecule has 0 bridgehead atoms. The van der Waals surface area contributed by atoms with E-state index < -0.39 is 0 Å². The van der Waals surface area contributed by atoms with Crippen LogP contribution in [0.2, 0.25) is 5.02 Å². The lowest BCUT2D eigenvalue weighted by atomic mass is 10.2. The third-order valence-electron chi connectivity index (χ3n) is 2.91. The number of nitrogens with zero attached hydrogens (tertiary/aromatic N) is 3. The highest BCUT2D eigenvalue weighted by Crippen LogP contribution is 2.20. The fourth-order valence-corrected chi connectivity index (χ4v) is 2.01. The smallest absolute Gasteiger partial charge is 0.267 e. The second-order valence-electron chi connectivity index (χ2n) is 4.55. The molecule has 0 amide bonds. The van der Waals surface area contributed by atoms with Gasteiger partial charge in [0.2, 0.25) is 5.82 Å². The van der Waals surface area contributed by atoms with Crippen molar-refractivity contribution in [2.75, 3.05) is 0 Å². The van der Waals surface area contributed by atoms with Crippen molar-refractivity contribution in [3.63, 3.8) is 0 Å². The van der Waals surface area contributed by atoms with Gasteiger partial charge in [0.1, 0.15) is 5.82 Å². The first-order valence-electron chi connectivity index (χ1n) is 6.71. The average Bonchev–Trinajstić information content (AvgIpc) is 3.02. The summed E-state index contributed by atoms with van der Waals surface area (Å²) in [6.07, 6.45) is 1.28. The Morgan fingerprint density at radius 1 is 1.22 bits per heavy atom. The third kappa shape index (κ3) is 3.92. The number of hydrogen-bond acceptors (Lipinski definition) is 5. The molecule has 7 heteroatoms. The summed E-state index contributed by atoms with van der Waals surface area (Å²) in [6.45, 7) is -0.0154. The minimum Gasteiger partial charge on any atom is -0.386 e. The van der Waals surface area contributed by atoms with Gasteiger partial charge < -0.3 is 9.36 Å². The Kier molecular flexibility index (Phi) is 4.63. The fraction of sp³-hybridized carbons (Fsp3) is 0.0625. The summed E-state index contributed by atoms with van der Waals surface area (Å²) in [4.78, 5) is 9.21. The van der Waals surface area contributed by atoms with Gasteiger partial charge in [-0.25, -0.2) is 4.39 Å². The van der Waals surface area contributed by atoms with Crippen LogP contribution in [0.15, 0.2) is 58.2 Å². The van der Waals surface area contributed by atoms with Gasteiger partial charge in [0.25, 0.3) is 5.89 Å². The Labute approximate surface area is 136 Å². The van der Waals surface area contributed by atoms with Crippen LogP contribution in [0.3, 0.4) is 0 Å². The van der Waals surface area contributed by atoms with E-state index >= 15 is 0 Å². The monoisotopic (exact) mass is 331 g/mol. The highest BCUT2D eigenvalue weighted by molar-refractivity contribution is 6.30. The SMILES string of the molecule is Fc1ccccc1/C=N\OCc1nc(-c2cccc(Cl)c2)no1. The molecule has 0 saturated heterocycles. The first-order valence-corrected chi connectivity index (χ1v) is 7.08. The van der Waals surface area contributed by atoms with Gasteiger partial charge in [0, 0.05) is 16.1 Å². The maximum absolute atomic E-state index is 13.4. The lowest BCUT2D eigenvalue weighted by molar-refractivity contribution is 0.107. The molecule has 0 radical (unpaired) electrons. The van der Waals surface area contributed by atoms with E-state index in [2.05, 4.69) is 15.3 Å². The van der Waals surface area contributed by atoms with E-state index in [4.69, 9.17) is 21.0 Å². The van der Waals surface area contributed by atoms with Crippen molar-refractivity contribution in [1.82, 2.24) is 10.1 Å². The molecule has 0 N–H and O–H groups in total. The van der Waals surface area contributed by atoms with Crippen molar-refractivity contribution in [3.05, 3.63) is 70.8 Å². The largest absolute Gasteiger partial charge is 0.386 e. The van der Waals surface area contributed by atoms with Crippen LogP contribution in [0.4, 0.5) is 4.39 Å². The normalized spacial score (nSPS) is 11.0. The Balaban J connectivity index is 1.61. The summed E-state index contributed by atoms with van der Waals surface area (Å²) in [6, 6.07) is 13.3. The summed E-state index contributed by atoms with van der Waals surface area (Å²) >= 11 is 5.91. The van der Waals surface area contributed by atoms with Gasteiger partial charge in [0.15, 0.2) is 6.61 Å². The van der Waals surface area contributed by atoms with E-state index in [1.807, 2.05) is 6.07 Å². The van der Waals surface area contributed by atoms with Gasteiger partial charge in [0.05, 0.1) is 6.21 Å². The Morgan fingerprint density at radius 3 is 2.91 bits per heavy atom. The molecular formula is C16H11ClFN3O2. The molecule has 0 aliphatic rings. The number of oxime groups is 1. The first-order chi connectivity index (χ1) is 11.2. The standard InChI is InChI=1S/C16H11ClFN3O2/c17-13-6-3-5-11(8-13)16-20-15(23-21-16)10-22-19-9-12-4-1-2-7-14(12)18/h1-9H,10H2/b19-9-. The third-order valence-corrected chi connectivity index (χ3v) is 3.15. The molecule has 1 aromatic heterocycles. The molecule has 0 unspecified atom stereocenters. The van der Waals surface area contributed by atoms with Gasteiger partial charge >= 0.3 is 0 Å². The van der Waals surface area contributed by atoms with Crippen LogP contribution in [-0.4, -0.2) is 16.4 Å². The zero-order valence-corrected chi connectivity index (χ0v) is 12.6. The highest BCUT2D eigenvalue weighted by Gasteiger charge is 2.09. The summed E-state index contributed by atoms with van der Waals surface area (Å²) in [5.41, 5.74) is 1.07. The van der Waals surface area contributed by atoms with Crippen molar-refractivity contribution in [2.24, 2.45) is 5.16 Å². The summed E-state index contributed by atoms with van der Waals surface area (Å²) in [5, 5.41) is 8.10. The maximum Gasteiger partial charge on any atom is 0.267 e. The number of benzene rings is 2. The molecule has 2 aromatic carbocycles. The van der Waals surface area contributed by atoms with Crippen LogP contribution in [0.25, 0.3) is 11.4 Å². The van der Waals surface area contributed by atoms with Crippen molar-refractivity contribution < 1.29 is 13.8 Å². The van der Waals surface area contributed by atoms with Crippen LogP contribution in [0, 0.1) is 5.82 Å². The second-order valence-corrected chi connectivity index (χ2v) is 4.99. The van der Waals surface area contributed by atoms with Gasteiger partial charge in [-0.05, 0) is 18.2 Å². The molecule has 3 rings (SSSR count). The van der Waals surface area contributed by atoms with Crippen LogP contribution in [0.1, 0.15) is 11.5 Å². The minimum absolute atomic E-state index is 0.0154. The van der Waals surface area contributed by atoms with Gasteiger partial charge in [-0.1, -0.05) is 52.2 Å². The molecule has 23 heavy (non-hydrogen) atoms. The maximum atomic E-state index is 13.4. The summed E-state index contributed by atoms with van der Waals surface area (Å²) < 4.78 is 18.4. The van der Waals surface area contributed by atoms with Gasteiger partial charge in [-0.2, -0.15) is 4.98 Å². The van der Waals surface area contributed by atoms with Crippen LogP contribution in [0.5, 0.6) is 0 Å². The molecule has 5 nitrogen and oxygen atoms in total. The number of hydrogen-bond donors (Lipinski definition) is 0. The highest BCUT2D eigenvalue weighted by atomic mass is 35.5. The quantitative estimate of drug-likeness (QED) is 0.522. The first kappa shape index (κ1) is 15.2. The van der Waals surface area contributed by atoms with Crippen molar-refractivity contribution in [1.29, 1.82) is 0 Å². The predicted octanol–water partition coefficient (Wildman–Crippen LogP) is 4.08. The molecule has 0 aliphatic carbocycles. The van der Waals surface area contributed by atoms with Crippen LogP contribution >= 0.6 is 11.6 Å². The van der Waals surface area contributed by atoms with Gasteiger partial charge in [-0.3, -0.25) is 0 Å². The minimum atomic E-state index is -0.374.